The third kappa shape index (κ3) is 2.38. The molecule has 0 N–H and O–H groups in total. The van der Waals surface area contributed by atoms with Crippen LogP contribution in [0.15, 0.2) is 0 Å². The first-order chi connectivity index (χ1) is 8.00. The summed E-state index contributed by atoms with van der Waals surface area (Å²) in [5.74, 6) is 0.196. The molecule has 0 saturated carbocycles. The van der Waals surface area contributed by atoms with Gasteiger partial charge in [0.05, 0.1) is 28.9 Å². The van der Waals surface area contributed by atoms with Gasteiger partial charge in [0, 0.05) is 19.6 Å². The molecule has 1 aliphatic rings. The summed E-state index contributed by atoms with van der Waals surface area (Å²) >= 11 is 6.13. The number of Topliss-reactive ketones (excluding diaryl/α,β-unsaturated/α-hetero) is 1. The Kier molecular flexibility index (Phi) is 3.54. The number of hydrogen-bond donors (Lipinski definition) is 0. The Bertz CT molecular complexity index is 442. The number of rotatable bonds is 3. The zero-order valence-electron chi connectivity index (χ0n) is 10.4. The topological polar surface area (TPSA) is 44.1 Å². The molecule has 1 aromatic heterocycles. The third-order valence-electron chi connectivity index (χ3n) is 3.39. The normalized spacial score (nSPS) is 24.2. The predicted octanol–water partition coefficient (Wildman–Crippen LogP) is 1.92. The molecule has 0 amide bonds. The fourth-order valence-corrected chi connectivity index (χ4v) is 2.55. The highest BCUT2D eigenvalue weighted by Gasteiger charge is 2.31. The molecule has 0 bridgehead atoms. The van der Waals surface area contributed by atoms with Gasteiger partial charge in [-0.2, -0.15) is 5.10 Å². The van der Waals surface area contributed by atoms with Crippen molar-refractivity contribution in [2.75, 3.05) is 6.61 Å². The van der Waals surface area contributed by atoms with Gasteiger partial charge in [0.1, 0.15) is 5.78 Å². The average Bonchev–Trinajstić information content (AvgIpc) is 2.78. The number of ketones is 1. The van der Waals surface area contributed by atoms with Crippen molar-refractivity contribution in [2.24, 2.45) is 13.0 Å². The van der Waals surface area contributed by atoms with Crippen LogP contribution in [0.3, 0.4) is 0 Å². The summed E-state index contributed by atoms with van der Waals surface area (Å²) in [5.41, 5.74) is 1.57. The Labute approximate surface area is 106 Å². The summed E-state index contributed by atoms with van der Waals surface area (Å²) in [6.07, 6.45) is 1.18. The molecule has 2 atom stereocenters. The number of aryl methyl sites for hydroxylation is 2. The van der Waals surface area contributed by atoms with E-state index in [4.69, 9.17) is 16.3 Å². The van der Waals surface area contributed by atoms with Crippen LogP contribution in [0.4, 0.5) is 0 Å². The SMILES string of the molecule is Cc1nn(C)c(CC(=O)C2CCOC2C)c1Cl. The van der Waals surface area contributed by atoms with Crippen LogP contribution in [0.1, 0.15) is 24.7 Å². The monoisotopic (exact) mass is 256 g/mol. The van der Waals surface area contributed by atoms with Gasteiger partial charge in [0.2, 0.25) is 0 Å². The van der Waals surface area contributed by atoms with Crippen LogP contribution in [0.5, 0.6) is 0 Å². The molecule has 1 aliphatic heterocycles. The molecule has 1 aromatic rings. The van der Waals surface area contributed by atoms with Gasteiger partial charge in [-0.15, -0.1) is 0 Å². The molecule has 2 heterocycles. The Morgan fingerprint density at radius 2 is 2.35 bits per heavy atom. The van der Waals surface area contributed by atoms with Gasteiger partial charge in [-0.1, -0.05) is 11.6 Å². The number of halogens is 1. The first-order valence-electron chi connectivity index (χ1n) is 5.83. The molecule has 94 valence electrons. The fraction of sp³-hybridized carbons (Fsp3) is 0.667. The second-order valence-corrected chi connectivity index (χ2v) is 4.96. The molecule has 0 aromatic carbocycles. The van der Waals surface area contributed by atoms with E-state index in [1.54, 1.807) is 4.68 Å². The quantitative estimate of drug-likeness (QED) is 0.830. The van der Waals surface area contributed by atoms with Gasteiger partial charge < -0.3 is 4.74 Å². The molecule has 0 radical (unpaired) electrons. The Morgan fingerprint density at radius 3 is 2.82 bits per heavy atom. The van der Waals surface area contributed by atoms with Gasteiger partial charge >= 0.3 is 0 Å². The summed E-state index contributed by atoms with van der Waals surface area (Å²) in [4.78, 5) is 12.2. The summed E-state index contributed by atoms with van der Waals surface area (Å²) in [6, 6.07) is 0. The van der Waals surface area contributed by atoms with Crippen molar-refractivity contribution in [3.63, 3.8) is 0 Å². The van der Waals surface area contributed by atoms with Gasteiger partial charge in [0.15, 0.2) is 0 Å². The maximum atomic E-state index is 12.2. The van der Waals surface area contributed by atoms with E-state index in [1.807, 2.05) is 20.9 Å². The highest BCUT2D eigenvalue weighted by molar-refractivity contribution is 6.32. The molecular formula is C12H17ClN2O2. The second-order valence-electron chi connectivity index (χ2n) is 4.58. The largest absolute Gasteiger partial charge is 0.378 e. The number of carbonyl (C=O) groups is 1. The van der Waals surface area contributed by atoms with Crippen molar-refractivity contribution < 1.29 is 9.53 Å². The highest BCUT2D eigenvalue weighted by atomic mass is 35.5. The molecule has 17 heavy (non-hydrogen) atoms. The number of carbonyl (C=O) groups excluding carboxylic acids is 1. The van der Waals surface area contributed by atoms with Crippen LogP contribution in [-0.2, 0) is 23.0 Å². The van der Waals surface area contributed by atoms with Gasteiger partial charge in [0.25, 0.3) is 0 Å². The fourth-order valence-electron chi connectivity index (χ4n) is 2.32. The minimum atomic E-state index is 0.00118. The number of nitrogens with zero attached hydrogens (tertiary/aromatic N) is 2. The van der Waals surface area contributed by atoms with E-state index in [2.05, 4.69) is 5.10 Å². The van der Waals surface area contributed by atoms with Crippen LogP contribution < -0.4 is 0 Å². The van der Waals surface area contributed by atoms with E-state index in [9.17, 15) is 4.79 Å². The first kappa shape index (κ1) is 12.6. The number of aromatic nitrogens is 2. The number of ether oxygens (including phenoxy) is 1. The first-order valence-corrected chi connectivity index (χ1v) is 6.20. The Morgan fingerprint density at radius 1 is 1.65 bits per heavy atom. The van der Waals surface area contributed by atoms with Gasteiger partial charge in [-0.25, -0.2) is 0 Å². The predicted molar refractivity (Wildman–Crippen MR) is 65.2 cm³/mol. The highest BCUT2D eigenvalue weighted by Crippen LogP contribution is 2.25. The summed E-state index contributed by atoms with van der Waals surface area (Å²) < 4.78 is 7.10. The lowest BCUT2D eigenvalue weighted by Crippen LogP contribution is -2.24. The average molecular weight is 257 g/mol. The maximum Gasteiger partial charge on any atom is 0.144 e. The minimum Gasteiger partial charge on any atom is -0.378 e. The Hall–Kier alpha value is -0.870. The molecule has 0 spiro atoms. The Balaban J connectivity index is 2.13. The van der Waals surface area contributed by atoms with Crippen molar-refractivity contribution in [3.8, 4) is 0 Å². The summed E-state index contributed by atoms with van der Waals surface area (Å²) in [5, 5.41) is 4.81. The van der Waals surface area contributed by atoms with E-state index >= 15 is 0 Å². The molecular weight excluding hydrogens is 240 g/mol. The third-order valence-corrected chi connectivity index (χ3v) is 3.88. The lowest BCUT2D eigenvalue weighted by molar-refractivity contribution is -0.123. The van der Waals surface area contributed by atoms with E-state index in [0.717, 1.165) is 17.8 Å². The molecule has 1 fully saturated rings. The zero-order chi connectivity index (χ0) is 12.6. The van der Waals surface area contributed by atoms with E-state index in [1.165, 1.54) is 0 Å². The van der Waals surface area contributed by atoms with E-state index in [0.29, 0.717) is 18.1 Å². The second kappa shape index (κ2) is 4.78. The van der Waals surface area contributed by atoms with Crippen molar-refractivity contribution in [1.82, 2.24) is 9.78 Å². The van der Waals surface area contributed by atoms with E-state index in [-0.39, 0.29) is 17.8 Å². The standard InChI is InChI=1S/C12H17ClN2O2/c1-7-12(13)10(15(3)14-7)6-11(16)9-4-5-17-8(9)2/h8-9H,4-6H2,1-3H3. The van der Waals surface area contributed by atoms with Gasteiger partial charge in [-0.3, -0.25) is 9.48 Å². The zero-order valence-corrected chi connectivity index (χ0v) is 11.1. The molecule has 1 saturated heterocycles. The van der Waals surface area contributed by atoms with Crippen LogP contribution in [0.25, 0.3) is 0 Å². The smallest absolute Gasteiger partial charge is 0.144 e. The summed E-state index contributed by atoms with van der Waals surface area (Å²) in [7, 11) is 1.82. The molecule has 0 aliphatic carbocycles. The molecule has 5 heteroatoms. The maximum absolute atomic E-state index is 12.2. The van der Waals surface area contributed by atoms with Crippen molar-refractivity contribution >= 4 is 17.4 Å². The lowest BCUT2D eigenvalue weighted by Gasteiger charge is -2.12. The minimum absolute atomic E-state index is 0.00118. The summed E-state index contributed by atoms with van der Waals surface area (Å²) in [6.45, 7) is 4.47. The molecule has 2 rings (SSSR count). The van der Waals surface area contributed by atoms with Crippen molar-refractivity contribution in [3.05, 3.63) is 16.4 Å². The molecule has 2 unspecified atom stereocenters. The van der Waals surface area contributed by atoms with Crippen LogP contribution in [-0.4, -0.2) is 28.3 Å². The molecule has 4 nitrogen and oxygen atoms in total. The van der Waals surface area contributed by atoms with Crippen LogP contribution in [0.2, 0.25) is 5.02 Å². The van der Waals surface area contributed by atoms with Crippen molar-refractivity contribution in [2.45, 2.75) is 32.8 Å². The van der Waals surface area contributed by atoms with Crippen molar-refractivity contribution in [1.29, 1.82) is 0 Å². The van der Waals surface area contributed by atoms with E-state index < -0.39 is 0 Å². The van der Waals surface area contributed by atoms with Gasteiger partial charge in [-0.05, 0) is 20.3 Å². The number of hydrogen-bond acceptors (Lipinski definition) is 3. The van der Waals surface area contributed by atoms with Crippen LogP contribution >= 0.6 is 11.6 Å². The van der Waals surface area contributed by atoms with Crippen LogP contribution in [0, 0.1) is 12.8 Å². The lowest BCUT2D eigenvalue weighted by atomic mass is 9.94.